The van der Waals surface area contributed by atoms with Crippen LogP contribution >= 0.6 is 22.7 Å². The van der Waals surface area contributed by atoms with Gasteiger partial charge in [-0.15, -0.1) is 22.7 Å². The molecule has 100 valence electrons. The number of ketones is 1. The van der Waals surface area contributed by atoms with Gasteiger partial charge in [-0.3, -0.25) is 4.79 Å². The lowest BCUT2D eigenvalue weighted by molar-refractivity contribution is 0.0953. The van der Waals surface area contributed by atoms with E-state index in [4.69, 9.17) is 0 Å². The molecule has 20 heavy (non-hydrogen) atoms. The molecule has 3 aromatic rings. The molecular formula is C17H14OS2. The maximum atomic E-state index is 12.9. The first-order valence-electron chi connectivity index (χ1n) is 6.91. The lowest BCUT2D eigenvalue weighted by Crippen LogP contribution is -2.17. The Morgan fingerprint density at radius 3 is 3.00 bits per heavy atom. The molecule has 0 amide bonds. The smallest absolute Gasteiger partial charge is 0.171 e. The van der Waals surface area contributed by atoms with Gasteiger partial charge >= 0.3 is 0 Å². The lowest BCUT2D eigenvalue weighted by Gasteiger charge is -2.21. The molecule has 0 radical (unpaired) electrons. The van der Waals surface area contributed by atoms with Gasteiger partial charge in [0.15, 0.2) is 5.78 Å². The number of fused-ring (bicyclic) bond motifs is 2. The van der Waals surface area contributed by atoms with Gasteiger partial charge in [-0.25, -0.2) is 0 Å². The van der Waals surface area contributed by atoms with Gasteiger partial charge in [0.05, 0.1) is 0 Å². The minimum absolute atomic E-state index is 0.0722. The molecule has 2 heterocycles. The SMILES string of the molecule is O=C(c1csc2ccccc12)C1CCCc2sccc21. The van der Waals surface area contributed by atoms with Crippen LogP contribution in [-0.2, 0) is 6.42 Å². The molecule has 0 saturated heterocycles. The maximum absolute atomic E-state index is 12.9. The van der Waals surface area contributed by atoms with Crippen molar-refractivity contribution in [1.82, 2.24) is 0 Å². The highest BCUT2D eigenvalue weighted by Crippen LogP contribution is 2.38. The molecule has 1 aliphatic rings. The van der Waals surface area contributed by atoms with Gasteiger partial charge < -0.3 is 0 Å². The number of Topliss-reactive ketones (excluding diaryl/α,β-unsaturated/α-hetero) is 1. The van der Waals surface area contributed by atoms with Gasteiger partial charge in [0.25, 0.3) is 0 Å². The maximum Gasteiger partial charge on any atom is 0.171 e. The van der Waals surface area contributed by atoms with Gasteiger partial charge in [0.2, 0.25) is 0 Å². The first-order valence-corrected chi connectivity index (χ1v) is 8.67. The van der Waals surface area contributed by atoms with Gasteiger partial charge in [-0.2, -0.15) is 0 Å². The first-order chi connectivity index (χ1) is 9.84. The van der Waals surface area contributed by atoms with Crippen molar-refractivity contribution in [3.63, 3.8) is 0 Å². The van der Waals surface area contributed by atoms with Crippen molar-refractivity contribution in [3.05, 3.63) is 57.1 Å². The van der Waals surface area contributed by atoms with Gasteiger partial charge in [0, 0.05) is 31.8 Å². The first kappa shape index (κ1) is 12.3. The lowest BCUT2D eigenvalue weighted by atomic mass is 9.82. The Hall–Kier alpha value is -1.45. The summed E-state index contributed by atoms with van der Waals surface area (Å²) in [6.45, 7) is 0. The van der Waals surface area contributed by atoms with Crippen LogP contribution in [0.4, 0.5) is 0 Å². The highest BCUT2D eigenvalue weighted by Gasteiger charge is 2.29. The van der Waals surface area contributed by atoms with E-state index in [1.807, 2.05) is 17.5 Å². The van der Waals surface area contributed by atoms with Crippen molar-refractivity contribution in [2.75, 3.05) is 0 Å². The van der Waals surface area contributed by atoms with Crippen LogP contribution in [-0.4, -0.2) is 5.78 Å². The highest BCUT2D eigenvalue weighted by molar-refractivity contribution is 7.17. The molecule has 0 N–H and O–H groups in total. The minimum atomic E-state index is 0.0722. The van der Waals surface area contributed by atoms with Gasteiger partial charge in [0.1, 0.15) is 0 Å². The third kappa shape index (κ3) is 1.85. The molecule has 1 aliphatic carbocycles. The molecule has 0 aliphatic heterocycles. The Morgan fingerprint density at radius 1 is 1.15 bits per heavy atom. The van der Waals surface area contributed by atoms with Crippen molar-refractivity contribution >= 4 is 38.5 Å². The number of carbonyl (C=O) groups excluding carboxylic acids is 1. The van der Waals surface area contributed by atoms with Crippen molar-refractivity contribution in [2.24, 2.45) is 0 Å². The number of benzene rings is 1. The fraction of sp³-hybridized carbons (Fsp3) is 0.235. The second-order valence-corrected chi connectivity index (χ2v) is 7.17. The van der Waals surface area contributed by atoms with Crippen LogP contribution < -0.4 is 0 Å². The molecule has 0 fully saturated rings. The fourth-order valence-electron chi connectivity index (χ4n) is 3.12. The van der Waals surface area contributed by atoms with Crippen molar-refractivity contribution in [2.45, 2.75) is 25.2 Å². The summed E-state index contributed by atoms with van der Waals surface area (Å²) < 4.78 is 1.21. The molecule has 1 nitrogen and oxygen atoms in total. The second-order valence-electron chi connectivity index (χ2n) is 5.25. The number of carbonyl (C=O) groups is 1. The van der Waals surface area contributed by atoms with Crippen molar-refractivity contribution in [1.29, 1.82) is 0 Å². The zero-order valence-corrected chi connectivity index (χ0v) is 12.6. The Balaban J connectivity index is 1.79. The third-order valence-electron chi connectivity index (χ3n) is 4.11. The largest absolute Gasteiger partial charge is 0.293 e. The van der Waals surface area contributed by atoms with E-state index in [0.29, 0.717) is 5.78 Å². The molecule has 0 spiro atoms. The number of aryl methyl sites for hydroxylation is 1. The molecule has 4 rings (SSSR count). The third-order valence-corrected chi connectivity index (χ3v) is 6.07. The van der Waals surface area contributed by atoms with Gasteiger partial charge in [-0.05, 0) is 42.3 Å². The standard InChI is InChI=1S/C17H14OS2/c18-17(13-5-3-7-15-12(13)8-9-19-15)14-10-20-16-6-2-1-4-11(14)16/h1-2,4,6,8-10,13H,3,5,7H2. The molecule has 1 unspecified atom stereocenters. The van der Waals surface area contributed by atoms with E-state index in [9.17, 15) is 4.79 Å². The van der Waals surface area contributed by atoms with Crippen LogP contribution in [0.2, 0.25) is 0 Å². The zero-order chi connectivity index (χ0) is 13.5. The minimum Gasteiger partial charge on any atom is -0.293 e. The molecular weight excluding hydrogens is 284 g/mol. The molecule has 2 aromatic heterocycles. The average molecular weight is 298 g/mol. The summed E-state index contributed by atoms with van der Waals surface area (Å²) in [5.74, 6) is 0.379. The van der Waals surface area contributed by atoms with E-state index >= 15 is 0 Å². The molecule has 0 bridgehead atoms. The number of hydrogen-bond acceptors (Lipinski definition) is 3. The number of thiophene rings is 2. The van der Waals surface area contributed by atoms with E-state index in [1.165, 1.54) is 15.1 Å². The average Bonchev–Trinajstić information content (AvgIpc) is 3.12. The Kier molecular flexibility index (Phi) is 2.97. The predicted octanol–water partition coefficient (Wildman–Crippen LogP) is 5.27. The summed E-state index contributed by atoms with van der Waals surface area (Å²) in [5, 5.41) is 5.28. The molecule has 1 atom stereocenters. The van der Waals surface area contributed by atoms with Crippen molar-refractivity contribution < 1.29 is 4.79 Å². The normalized spacial score (nSPS) is 18.1. The highest BCUT2D eigenvalue weighted by atomic mass is 32.1. The Morgan fingerprint density at radius 2 is 2.05 bits per heavy atom. The van der Waals surface area contributed by atoms with E-state index in [2.05, 4.69) is 23.6 Å². The quantitative estimate of drug-likeness (QED) is 0.589. The molecule has 3 heteroatoms. The summed E-state index contributed by atoms with van der Waals surface area (Å²) in [7, 11) is 0. The Labute approximate surface area is 125 Å². The summed E-state index contributed by atoms with van der Waals surface area (Å²) in [6, 6.07) is 10.4. The topological polar surface area (TPSA) is 17.1 Å². The van der Waals surface area contributed by atoms with Crippen LogP contribution in [0.3, 0.4) is 0 Å². The van der Waals surface area contributed by atoms with Crippen LogP contribution in [0, 0.1) is 0 Å². The summed E-state index contributed by atoms with van der Waals surface area (Å²) >= 11 is 3.47. The number of rotatable bonds is 2. The molecule has 1 aromatic carbocycles. The van der Waals surface area contributed by atoms with E-state index in [0.717, 1.165) is 30.2 Å². The second kappa shape index (κ2) is 4.83. The fourth-order valence-corrected chi connectivity index (χ4v) is 5.05. The monoisotopic (exact) mass is 298 g/mol. The predicted molar refractivity (Wildman–Crippen MR) is 86.2 cm³/mol. The van der Waals surface area contributed by atoms with Crippen LogP contribution in [0.15, 0.2) is 41.1 Å². The summed E-state index contributed by atoms with van der Waals surface area (Å²) in [4.78, 5) is 14.4. The van der Waals surface area contributed by atoms with E-state index in [-0.39, 0.29) is 5.92 Å². The van der Waals surface area contributed by atoms with Crippen LogP contribution in [0.1, 0.15) is 39.6 Å². The van der Waals surface area contributed by atoms with Crippen LogP contribution in [0.5, 0.6) is 0 Å². The summed E-state index contributed by atoms with van der Waals surface area (Å²) in [5.41, 5.74) is 2.19. The van der Waals surface area contributed by atoms with Gasteiger partial charge in [-0.1, -0.05) is 18.2 Å². The van der Waals surface area contributed by atoms with Crippen LogP contribution in [0.25, 0.3) is 10.1 Å². The zero-order valence-electron chi connectivity index (χ0n) is 11.0. The van der Waals surface area contributed by atoms with E-state index in [1.54, 1.807) is 22.7 Å². The van der Waals surface area contributed by atoms with E-state index < -0.39 is 0 Å². The summed E-state index contributed by atoms with van der Waals surface area (Å²) in [6.07, 6.45) is 3.26. The Bertz CT molecular complexity index is 781. The number of hydrogen-bond donors (Lipinski definition) is 0. The molecule has 0 saturated carbocycles. The van der Waals surface area contributed by atoms with Crippen molar-refractivity contribution in [3.8, 4) is 0 Å².